The molecule has 3 aromatic heterocycles. The Morgan fingerprint density at radius 3 is 3.13 bits per heavy atom. The van der Waals surface area contributed by atoms with Crippen LogP contribution in [0.3, 0.4) is 0 Å². The zero-order valence-electron chi connectivity index (χ0n) is 12.3. The van der Waals surface area contributed by atoms with E-state index >= 15 is 0 Å². The summed E-state index contributed by atoms with van der Waals surface area (Å²) < 4.78 is 5.30. The summed E-state index contributed by atoms with van der Waals surface area (Å²) >= 11 is 0. The first-order valence-corrected chi connectivity index (χ1v) is 7.50. The minimum absolute atomic E-state index is 0.0314. The first-order chi connectivity index (χ1) is 11.3. The summed E-state index contributed by atoms with van der Waals surface area (Å²) in [5.41, 5.74) is 1.10. The number of pyridine rings is 1. The lowest BCUT2D eigenvalue weighted by Gasteiger charge is -2.21. The number of hydrogen-bond donors (Lipinski definition) is 1. The Balaban J connectivity index is 1.59. The number of nitrogens with zero attached hydrogens (tertiary/aromatic N) is 4. The van der Waals surface area contributed by atoms with Crippen molar-refractivity contribution in [3.8, 4) is 11.3 Å². The minimum atomic E-state index is -0.136. The molecule has 1 amide bonds. The fourth-order valence-corrected chi connectivity index (χ4v) is 2.92. The molecule has 0 radical (unpaired) electrons. The third-order valence-electron chi connectivity index (χ3n) is 4.02. The van der Waals surface area contributed by atoms with E-state index in [0.29, 0.717) is 18.0 Å². The standard InChI is InChI=1S/C16H15N5O2/c22-16(21-8-2-4-13(21)15-18-6-7-19-15)12-9-14(23-20-12)11-3-1-5-17-10-11/h1,3,5-7,9-10,13H,2,4,8H2,(H,18,19)/t13-/m0/s1. The van der Waals surface area contributed by atoms with Crippen LogP contribution in [0.15, 0.2) is 47.5 Å². The molecule has 116 valence electrons. The van der Waals surface area contributed by atoms with Gasteiger partial charge in [-0.1, -0.05) is 5.16 Å². The molecular weight excluding hydrogens is 294 g/mol. The maximum atomic E-state index is 12.7. The van der Waals surface area contributed by atoms with Crippen LogP contribution in [0.25, 0.3) is 11.3 Å². The number of carbonyl (C=O) groups is 1. The van der Waals surface area contributed by atoms with Gasteiger partial charge < -0.3 is 14.4 Å². The second kappa shape index (κ2) is 5.68. The summed E-state index contributed by atoms with van der Waals surface area (Å²) in [6.45, 7) is 0.694. The summed E-state index contributed by atoms with van der Waals surface area (Å²) in [4.78, 5) is 25.9. The zero-order chi connectivity index (χ0) is 15.6. The van der Waals surface area contributed by atoms with Gasteiger partial charge in [-0.2, -0.15) is 0 Å². The predicted octanol–water partition coefficient (Wildman–Crippen LogP) is 2.44. The number of aromatic amines is 1. The van der Waals surface area contributed by atoms with Gasteiger partial charge in [0.15, 0.2) is 11.5 Å². The molecule has 0 saturated carbocycles. The second-order valence-electron chi connectivity index (χ2n) is 5.45. The van der Waals surface area contributed by atoms with Crippen LogP contribution >= 0.6 is 0 Å². The molecule has 1 aliphatic rings. The summed E-state index contributed by atoms with van der Waals surface area (Å²) in [6.07, 6.45) is 8.68. The normalized spacial score (nSPS) is 17.6. The van der Waals surface area contributed by atoms with Crippen LogP contribution in [0, 0.1) is 0 Å². The molecule has 0 unspecified atom stereocenters. The van der Waals surface area contributed by atoms with Gasteiger partial charge in [0.25, 0.3) is 5.91 Å². The van der Waals surface area contributed by atoms with Crippen molar-refractivity contribution in [2.75, 3.05) is 6.54 Å². The third-order valence-corrected chi connectivity index (χ3v) is 4.02. The van der Waals surface area contributed by atoms with E-state index in [9.17, 15) is 4.79 Å². The molecule has 1 N–H and O–H groups in total. The molecule has 0 aliphatic carbocycles. The number of H-pyrrole nitrogens is 1. The van der Waals surface area contributed by atoms with Gasteiger partial charge in [0.1, 0.15) is 5.82 Å². The quantitative estimate of drug-likeness (QED) is 0.803. The Morgan fingerprint density at radius 2 is 2.35 bits per heavy atom. The Kier molecular flexibility index (Phi) is 3.38. The Hall–Kier alpha value is -2.96. The van der Waals surface area contributed by atoms with E-state index in [0.717, 1.165) is 24.2 Å². The van der Waals surface area contributed by atoms with Crippen molar-refractivity contribution in [1.29, 1.82) is 0 Å². The molecule has 0 aromatic carbocycles. The molecule has 3 aromatic rings. The summed E-state index contributed by atoms with van der Waals surface area (Å²) in [6, 6.07) is 5.31. The van der Waals surface area contributed by atoms with Gasteiger partial charge in [-0.05, 0) is 25.0 Å². The van der Waals surface area contributed by atoms with Crippen molar-refractivity contribution < 1.29 is 9.32 Å². The van der Waals surface area contributed by atoms with Crippen LogP contribution in [0.5, 0.6) is 0 Å². The van der Waals surface area contributed by atoms with Crippen molar-refractivity contribution in [1.82, 2.24) is 25.0 Å². The van der Waals surface area contributed by atoms with E-state index < -0.39 is 0 Å². The van der Waals surface area contributed by atoms with Gasteiger partial charge in [-0.15, -0.1) is 0 Å². The van der Waals surface area contributed by atoms with Crippen LogP contribution in [0.4, 0.5) is 0 Å². The molecule has 7 heteroatoms. The molecule has 0 bridgehead atoms. The van der Waals surface area contributed by atoms with Gasteiger partial charge in [0, 0.05) is 43.0 Å². The van der Waals surface area contributed by atoms with Crippen LogP contribution in [0.1, 0.15) is 35.2 Å². The topological polar surface area (TPSA) is 87.9 Å². The molecule has 1 aliphatic heterocycles. The number of carbonyl (C=O) groups excluding carboxylic acids is 1. The lowest BCUT2D eigenvalue weighted by Crippen LogP contribution is -2.31. The molecule has 0 spiro atoms. The molecule has 1 saturated heterocycles. The molecule has 1 fully saturated rings. The Labute approximate surface area is 132 Å². The minimum Gasteiger partial charge on any atom is -0.355 e. The SMILES string of the molecule is O=C(c1cc(-c2cccnc2)on1)N1CCC[C@H]1c1ncc[nH]1. The van der Waals surface area contributed by atoms with Crippen molar-refractivity contribution in [2.24, 2.45) is 0 Å². The van der Waals surface area contributed by atoms with Crippen LogP contribution < -0.4 is 0 Å². The van der Waals surface area contributed by atoms with Crippen LogP contribution in [-0.2, 0) is 0 Å². The number of aromatic nitrogens is 4. The third kappa shape index (κ3) is 2.50. The van der Waals surface area contributed by atoms with Crippen molar-refractivity contribution >= 4 is 5.91 Å². The average Bonchev–Trinajstić information content (AvgIpc) is 3.34. The summed E-state index contributed by atoms with van der Waals surface area (Å²) in [7, 11) is 0. The van der Waals surface area contributed by atoms with Gasteiger partial charge in [-0.25, -0.2) is 4.98 Å². The largest absolute Gasteiger partial charge is 0.355 e. The van der Waals surface area contributed by atoms with E-state index in [1.165, 1.54) is 0 Å². The molecule has 7 nitrogen and oxygen atoms in total. The lowest BCUT2D eigenvalue weighted by molar-refractivity contribution is 0.0720. The van der Waals surface area contributed by atoms with E-state index in [2.05, 4.69) is 20.1 Å². The smallest absolute Gasteiger partial charge is 0.276 e. The zero-order valence-corrected chi connectivity index (χ0v) is 12.3. The van der Waals surface area contributed by atoms with Crippen LogP contribution in [0.2, 0.25) is 0 Å². The fraction of sp³-hybridized carbons (Fsp3) is 0.250. The number of rotatable bonds is 3. The van der Waals surface area contributed by atoms with Gasteiger partial charge in [0.2, 0.25) is 0 Å². The highest BCUT2D eigenvalue weighted by atomic mass is 16.5. The van der Waals surface area contributed by atoms with E-state index in [4.69, 9.17) is 4.52 Å². The number of imidazole rings is 1. The number of hydrogen-bond acceptors (Lipinski definition) is 5. The van der Waals surface area contributed by atoms with E-state index in [1.54, 1.807) is 35.8 Å². The fourth-order valence-electron chi connectivity index (χ4n) is 2.92. The monoisotopic (exact) mass is 309 g/mol. The first kappa shape index (κ1) is 13.7. The summed E-state index contributed by atoms with van der Waals surface area (Å²) in [5.74, 6) is 1.21. The van der Waals surface area contributed by atoms with Crippen LogP contribution in [-0.4, -0.2) is 37.5 Å². The maximum Gasteiger partial charge on any atom is 0.276 e. The van der Waals surface area contributed by atoms with Gasteiger partial charge in [0.05, 0.1) is 6.04 Å². The Bertz CT molecular complexity index is 797. The number of amides is 1. The first-order valence-electron chi connectivity index (χ1n) is 7.50. The Morgan fingerprint density at radius 1 is 1.39 bits per heavy atom. The summed E-state index contributed by atoms with van der Waals surface area (Å²) in [5, 5.41) is 3.93. The van der Waals surface area contributed by atoms with Crippen molar-refractivity contribution in [3.63, 3.8) is 0 Å². The van der Waals surface area contributed by atoms with Gasteiger partial charge in [-0.3, -0.25) is 9.78 Å². The molecular formula is C16H15N5O2. The molecule has 4 heterocycles. The highest BCUT2D eigenvalue weighted by molar-refractivity contribution is 5.93. The number of nitrogens with one attached hydrogen (secondary N) is 1. The molecule has 1 atom stereocenters. The van der Waals surface area contributed by atoms with Crippen molar-refractivity contribution in [2.45, 2.75) is 18.9 Å². The highest BCUT2D eigenvalue weighted by Crippen LogP contribution is 2.31. The maximum absolute atomic E-state index is 12.7. The highest BCUT2D eigenvalue weighted by Gasteiger charge is 2.33. The second-order valence-corrected chi connectivity index (χ2v) is 5.45. The average molecular weight is 309 g/mol. The van der Waals surface area contributed by atoms with E-state index in [-0.39, 0.29) is 11.9 Å². The van der Waals surface area contributed by atoms with Crippen molar-refractivity contribution in [3.05, 3.63) is 54.5 Å². The number of likely N-dealkylation sites (tertiary alicyclic amines) is 1. The molecule has 4 rings (SSSR count). The van der Waals surface area contributed by atoms with Gasteiger partial charge >= 0.3 is 0 Å². The van der Waals surface area contributed by atoms with E-state index in [1.807, 2.05) is 12.1 Å². The molecule has 23 heavy (non-hydrogen) atoms. The predicted molar refractivity (Wildman–Crippen MR) is 81.3 cm³/mol. The lowest BCUT2D eigenvalue weighted by atomic mass is 10.2.